The summed E-state index contributed by atoms with van der Waals surface area (Å²) in [6.45, 7) is 3.44. The van der Waals surface area contributed by atoms with Crippen molar-refractivity contribution in [3.05, 3.63) is 135 Å². The van der Waals surface area contributed by atoms with Crippen LogP contribution in [0.2, 0.25) is 10.0 Å². The molecule has 6 rings (SSSR count). The average Bonchev–Trinajstić information content (AvgIpc) is 3.72. The highest BCUT2D eigenvalue weighted by Gasteiger charge is 2.36. The second-order valence-corrected chi connectivity index (χ2v) is 19.7. The van der Waals surface area contributed by atoms with Gasteiger partial charge in [-0.3, -0.25) is 24.0 Å². The molecule has 1 aliphatic heterocycles. The summed E-state index contributed by atoms with van der Waals surface area (Å²) in [5.41, 5.74) is 3.20. The van der Waals surface area contributed by atoms with Gasteiger partial charge in [-0.25, -0.2) is 13.8 Å². The highest BCUT2D eigenvalue weighted by Crippen LogP contribution is 2.33. The lowest BCUT2D eigenvalue weighted by Crippen LogP contribution is -2.57. The largest absolute Gasteiger partial charge is 0.457 e. The summed E-state index contributed by atoms with van der Waals surface area (Å²) in [6.07, 6.45) is -1.41. The minimum absolute atomic E-state index is 0.0164. The van der Waals surface area contributed by atoms with Gasteiger partial charge in [0.05, 0.1) is 37.5 Å². The van der Waals surface area contributed by atoms with E-state index in [4.69, 9.17) is 32.7 Å². The maximum absolute atomic E-state index is 15.1. The summed E-state index contributed by atoms with van der Waals surface area (Å²) < 4.78 is 41.9. The molecule has 5 amide bonds. The molecule has 2 heterocycles. The molecule has 15 nitrogen and oxygen atoms in total. The Morgan fingerprint density at radius 3 is 2.19 bits per heavy atom. The van der Waals surface area contributed by atoms with Gasteiger partial charge >= 0.3 is 0 Å². The molecule has 0 saturated carbocycles. The van der Waals surface area contributed by atoms with Gasteiger partial charge in [0.2, 0.25) is 29.5 Å². The zero-order chi connectivity index (χ0) is 53.1. The molecule has 2 N–H and O–H groups in total. The van der Waals surface area contributed by atoms with Crippen LogP contribution in [0, 0.1) is 5.92 Å². The van der Waals surface area contributed by atoms with Crippen LogP contribution in [0.5, 0.6) is 11.5 Å². The van der Waals surface area contributed by atoms with Crippen molar-refractivity contribution < 1.29 is 42.2 Å². The summed E-state index contributed by atoms with van der Waals surface area (Å²) in [5.74, 6) is -2.28. The number of nitrogens with one attached hydrogen (secondary N) is 2. The molecular formula is C54H64Cl2F2N8O7. The van der Waals surface area contributed by atoms with E-state index < -0.39 is 72.5 Å². The van der Waals surface area contributed by atoms with Crippen LogP contribution in [0.25, 0.3) is 11.3 Å². The normalized spacial score (nSPS) is 20.1. The zero-order valence-corrected chi connectivity index (χ0v) is 43.9. The molecule has 0 spiro atoms. The van der Waals surface area contributed by atoms with Crippen molar-refractivity contribution in [2.24, 2.45) is 13.0 Å². The second kappa shape index (κ2) is 25.5. The summed E-state index contributed by atoms with van der Waals surface area (Å²) in [4.78, 5) is 83.3. The minimum Gasteiger partial charge on any atom is -0.457 e. The van der Waals surface area contributed by atoms with Crippen LogP contribution in [0.1, 0.15) is 61.2 Å². The summed E-state index contributed by atoms with van der Waals surface area (Å²) >= 11 is 12.7. The maximum atomic E-state index is 15.1. The van der Waals surface area contributed by atoms with Crippen molar-refractivity contribution in [1.29, 1.82) is 0 Å². The lowest BCUT2D eigenvalue weighted by molar-refractivity contribution is -0.147. The van der Waals surface area contributed by atoms with Gasteiger partial charge in [-0.2, -0.15) is 0 Å². The molecule has 5 aromatic rings. The lowest BCUT2D eigenvalue weighted by Gasteiger charge is -2.35. The molecule has 390 valence electrons. The van der Waals surface area contributed by atoms with Crippen molar-refractivity contribution in [3.63, 3.8) is 0 Å². The van der Waals surface area contributed by atoms with E-state index >= 15 is 4.79 Å². The first-order valence-corrected chi connectivity index (χ1v) is 24.7. The van der Waals surface area contributed by atoms with Crippen LogP contribution in [-0.2, 0) is 61.7 Å². The van der Waals surface area contributed by atoms with E-state index in [-0.39, 0.29) is 50.3 Å². The quantitative estimate of drug-likeness (QED) is 0.114. The van der Waals surface area contributed by atoms with E-state index in [0.29, 0.717) is 33.5 Å². The smallest absolute Gasteiger partial charge is 0.263 e. The predicted molar refractivity (Wildman–Crippen MR) is 276 cm³/mol. The van der Waals surface area contributed by atoms with Gasteiger partial charge < -0.3 is 44.3 Å². The number of benzene rings is 4. The number of ether oxygens (including phenoxy) is 2. The number of hydrogen-bond donors (Lipinski definition) is 2. The number of methoxy groups -OCH3 is 1. The van der Waals surface area contributed by atoms with E-state index in [1.54, 1.807) is 81.7 Å². The average molecular weight is 1050 g/mol. The van der Waals surface area contributed by atoms with Crippen molar-refractivity contribution >= 4 is 52.7 Å². The van der Waals surface area contributed by atoms with Crippen LogP contribution >= 0.6 is 23.2 Å². The van der Waals surface area contributed by atoms with Crippen LogP contribution in [0.4, 0.5) is 8.78 Å². The zero-order valence-electron chi connectivity index (χ0n) is 42.4. The first-order valence-electron chi connectivity index (χ1n) is 23.9. The topological polar surface area (TPSA) is 159 Å². The molecule has 73 heavy (non-hydrogen) atoms. The molecule has 19 heteroatoms. The Kier molecular flexibility index (Phi) is 19.5. The van der Waals surface area contributed by atoms with Crippen molar-refractivity contribution in [2.75, 3.05) is 48.5 Å². The first-order chi connectivity index (χ1) is 34.7. The number of aromatic nitrogens is 2. The number of amides is 5. The number of nitrogens with zero attached hydrogens (tertiary/aromatic N) is 6. The number of alkyl halides is 2. The summed E-state index contributed by atoms with van der Waals surface area (Å²) in [7, 11) is 10.4. The monoisotopic (exact) mass is 1040 g/mol. The highest BCUT2D eigenvalue weighted by atomic mass is 35.5. The number of halogens is 4. The van der Waals surface area contributed by atoms with E-state index in [2.05, 4.69) is 15.6 Å². The third kappa shape index (κ3) is 14.9. The lowest BCUT2D eigenvalue weighted by atomic mass is 9.92. The number of likely N-dealkylation sites (N-methyl/N-ethyl adjacent to an activating group) is 2. The number of rotatable bonds is 14. The Labute approximate surface area is 435 Å². The van der Waals surface area contributed by atoms with E-state index in [9.17, 15) is 28.0 Å². The van der Waals surface area contributed by atoms with Crippen LogP contribution in [0.3, 0.4) is 0 Å². The Hall–Kier alpha value is -6.40. The van der Waals surface area contributed by atoms with Crippen LogP contribution in [-0.4, -0.2) is 131 Å². The van der Waals surface area contributed by atoms with Gasteiger partial charge in [0, 0.05) is 86.5 Å². The molecule has 1 saturated heterocycles. The van der Waals surface area contributed by atoms with Gasteiger partial charge in [-0.05, 0) is 100 Å². The first kappa shape index (κ1) is 55.9. The fraction of sp³-hybridized carbons (Fsp3) is 0.407. The van der Waals surface area contributed by atoms with Crippen LogP contribution in [0.15, 0.2) is 97.2 Å². The number of hydrogen-bond acceptors (Lipinski definition) is 9. The predicted octanol–water partition coefficient (Wildman–Crippen LogP) is 7.72. The standard InChI is InChI=1S/C54H64Cl2F2N8O7/c1-33-28-60-49(67)27-43(24-35-12-17-41(55)18-13-35)64(6)54(71)45(32-72-8)61-52(69)34(2)66(50(68)25-40(53(70)63(33)5)23-36-10-9-11-38(22-36)51(57)58)30-39-14-19-42(56)26-47(39)73-44-20-15-37(16-21-44)46-29-59-48(65(46)7)31-62(3)4/h9-22,26,29,33-34,40,43,45,51H,23-25,27-28,30-32H2,1-8H3,(H,60,67)(H,61,69)/t33-,34-,40+,43-,45-/m0/s1. The number of carbonyl (C=O) groups excluding carboxylic acids is 5. The van der Waals surface area contributed by atoms with Gasteiger partial charge in [0.25, 0.3) is 6.43 Å². The Morgan fingerprint density at radius 1 is 0.822 bits per heavy atom. The van der Waals surface area contributed by atoms with Crippen molar-refractivity contribution in [1.82, 2.24) is 39.8 Å². The fourth-order valence-corrected chi connectivity index (χ4v) is 8.98. The van der Waals surface area contributed by atoms with Gasteiger partial charge in [0.1, 0.15) is 29.4 Å². The molecule has 0 aliphatic carbocycles. The molecule has 1 aliphatic rings. The molecule has 1 fully saturated rings. The molecular weight excluding hydrogens is 982 g/mol. The second-order valence-electron chi connectivity index (χ2n) is 18.8. The van der Waals surface area contributed by atoms with Crippen molar-refractivity contribution in [2.45, 2.75) is 83.2 Å². The van der Waals surface area contributed by atoms with Crippen LogP contribution < -0.4 is 15.4 Å². The molecule has 4 aromatic carbocycles. The SMILES string of the molecule is COC[C@@H]1NC(=O)[C@H](C)N(Cc2ccc(Cl)cc2Oc2ccc(-c3cnc(CN(C)C)n3C)cc2)C(=O)C[C@@H](Cc2cccc(C(F)F)c2)C(=O)N(C)[C@@H](C)CNC(=O)C[C@H](Cc2ccc(Cl)cc2)N(C)C1=O. The fourth-order valence-electron chi connectivity index (χ4n) is 8.69. The van der Waals surface area contributed by atoms with E-state index in [1.165, 1.54) is 46.9 Å². The third-order valence-corrected chi connectivity index (χ3v) is 13.7. The molecule has 0 radical (unpaired) electrons. The highest BCUT2D eigenvalue weighted by molar-refractivity contribution is 6.31. The Balaban J connectivity index is 1.38. The summed E-state index contributed by atoms with van der Waals surface area (Å²) in [6, 6.07) is 21.1. The number of imidazole rings is 1. The van der Waals surface area contributed by atoms with E-state index in [1.807, 2.05) is 48.9 Å². The van der Waals surface area contributed by atoms with Gasteiger partial charge in [0.15, 0.2) is 0 Å². The van der Waals surface area contributed by atoms with Gasteiger partial charge in [-0.1, -0.05) is 65.7 Å². The third-order valence-electron chi connectivity index (χ3n) is 13.2. The minimum atomic E-state index is -2.78. The Morgan fingerprint density at radius 2 is 1.52 bits per heavy atom. The number of carbonyl (C=O) groups is 5. The summed E-state index contributed by atoms with van der Waals surface area (Å²) in [5, 5.41) is 6.55. The van der Waals surface area contributed by atoms with Crippen molar-refractivity contribution in [3.8, 4) is 22.8 Å². The maximum Gasteiger partial charge on any atom is 0.263 e. The molecule has 0 unspecified atom stereocenters. The van der Waals surface area contributed by atoms with E-state index in [0.717, 1.165) is 22.6 Å². The molecule has 1 aromatic heterocycles. The molecule has 0 bridgehead atoms. The molecule has 5 atom stereocenters. The Bertz CT molecular complexity index is 2720. The van der Waals surface area contributed by atoms with Gasteiger partial charge in [-0.15, -0.1) is 0 Å².